The Morgan fingerprint density at radius 2 is 0.597 bits per heavy atom. The lowest BCUT2D eigenvalue weighted by atomic mass is 9.91. The van der Waals surface area contributed by atoms with Crippen LogP contribution in [0.15, 0.2) is 261 Å². The van der Waals surface area contributed by atoms with Crippen molar-refractivity contribution in [3.63, 3.8) is 0 Å². The Kier molecular flexibility index (Phi) is 10.2. The molecule has 0 saturated carbocycles. The zero-order valence-corrected chi connectivity index (χ0v) is 36.7. The van der Waals surface area contributed by atoms with Gasteiger partial charge >= 0.3 is 0 Å². The van der Waals surface area contributed by atoms with Crippen LogP contribution in [0.4, 0.5) is 0 Å². The van der Waals surface area contributed by atoms with Gasteiger partial charge in [0.05, 0.1) is 28.1 Å². The Balaban J connectivity index is 1.17. The van der Waals surface area contributed by atoms with Gasteiger partial charge in [0.2, 0.25) is 0 Å². The number of hydrogen-bond donors (Lipinski definition) is 0. The first-order valence-electron chi connectivity index (χ1n) is 22.8. The van der Waals surface area contributed by atoms with Gasteiger partial charge < -0.3 is 4.57 Å². The molecule has 67 heavy (non-hydrogen) atoms. The molecule has 0 atom stereocenters. The van der Waals surface area contributed by atoms with Crippen molar-refractivity contribution in [2.24, 2.45) is 0 Å². The maximum absolute atomic E-state index is 5.39. The molecular weight excluding hydrogens is 811 g/mol. The van der Waals surface area contributed by atoms with Crippen molar-refractivity contribution in [1.82, 2.24) is 14.5 Å². The minimum Gasteiger partial charge on any atom is -0.308 e. The van der Waals surface area contributed by atoms with Crippen LogP contribution in [0, 0.1) is 0 Å². The Hall–Kier alpha value is -8.92. The van der Waals surface area contributed by atoms with E-state index in [1.807, 2.05) is 12.1 Å². The lowest BCUT2D eigenvalue weighted by molar-refractivity contribution is 1.17. The van der Waals surface area contributed by atoms with Crippen molar-refractivity contribution in [1.29, 1.82) is 0 Å². The van der Waals surface area contributed by atoms with E-state index in [0.717, 1.165) is 78.2 Å². The van der Waals surface area contributed by atoms with Gasteiger partial charge in [-0.3, -0.25) is 0 Å². The highest BCUT2D eigenvalue weighted by Crippen LogP contribution is 2.45. The van der Waals surface area contributed by atoms with Crippen LogP contribution >= 0.6 is 0 Å². The molecule has 0 amide bonds. The van der Waals surface area contributed by atoms with E-state index in [4.69, 9.17) is 9.97 Å². The van der Waals surface area contributed by atoms with Gasteiger partial charge in [0, 0.05) is 38.6 Å². The quantitative estimate of drug-likeness (QED) is 0.145. The average Bonchev–Trinajstić information content (AvgIpc) is 3.75. The van der Waals surface area contributed by atoms with Crippen LogP contribution in [0.3, 0.4) is 0 Å². The van der Waals surface area contributed by atoms with Gasteiger partial charge in [0.15, 0.2) is 5.82 Å². The van der Waals surface area contributed by atoms with Gasteiger partial charge in [0.25, 0.3) is 0 Å². The maximum atomic E-state index is 5.39. The molecule has 3 nitrogen and oxygen atoms in total. The summed E-state index contributed by atoms with van der Waals surface area (Å²) in [5, 5.41) is 2.39. The first kappa shape index (κ1) is 39.7. The molecule has 3 heteroatoms. The van der Waals surface area contributed by atoms with Gasteiger partial charge in [-0.05, 0) is 80.9 Å². The van der Waals surface area contributed by atoms with Gasteiger partial charge in [-0.25, -0.2) is 9.97 Å². The molecule has 0 aliphatic heterocycles. The van der Waals surface area contributed by atoms with Crippen LogP contribution in [-0.2, 0) is 0 Å². The minimum absolute atomic E-state index is 0.658. The Bertz CT molecular complexity index is 3510. The lowest BCUT2D eigenvalue weighted by Gasteiger charge is -2.21. The summed E-state index contributed by atoms with van der Waals surface area (Å²) in [4.78, 5) is 10.8. The fourth-order valence-corrected chi connectivity index (χ4v) is 9.50. The Morgan fingerprint density at radius 1 is 0.239 bits per heavy atom. The highest BCUT2D eigenvalue weighted by molar-refractivity contribution is 6.12. The normalized spacial score (nSPS) is 11.3. The molecule has 0 bridgehead atoms. The minimum atomic E-state index is 0.658. The second-order valence-electron chi connectivity index (χ2n) is 17.0. The van der Waals surface area contributed by atoms with Gasteiger partial charge in [-0.15, -0.1) is 0 Å². The summed E-state index contributed by atoms with van der Waals surface area (Å²) < 4.78 is 2.49. The van der Waals surface area contributed by atoms with E-state index in [1.54, 1.807) is 0 Å². The number of para-hydroxylation sites is 1. The van der Waals surface area contributed by atoms with Crippen LogP contribution in [0.2, 0.25) is 0 Å². The third-order valence-corrected chi connectivity index (χ3v) is 12.8. The highest BCUT2D eigenvalue weighted by Gasteiger charge is 2.23. The first-order chi connectivity index (χ1) is 33.2. The van der Waals surface area contributed by atoms with E-state index in [9.17, 15) is 0 Å². The fraction of sp³-hybridized carbons (Fsp3) is 0. The predicted octanol–water partition coefficient (Wildman–Crippen LogP) is 16.9. The number of benzene rings is 10. The van der Waals surface area contributed by atoms with Crippen molar-refractivity contribution >= 4 is 21.8 Å². The summed E-state index contributed by atoms with van der Waals surface area (Å²) >= 11 is 0. The van der Waals surface area contributed by atoms with Gasteiger partial charge in [0.1, 0.15) is 0 Å². The number of aromatic nitrogens is 3. The molecule has 2 heterocycles. The van der Waals surface area contributed by atoms with Crippen molar-refractivity contribution in [3.8, 4) is 95.2 Å². The van der Waals surface area contributed by atoms with Crippen LogP contribution in [0.1, 0.15) is 0 Å². The first-order valence-corrected chi connectivity index (χ1v) is 22.8. The second kappa shape index (κ2) is 17.2. The molecule has 0 N–H and O–H groups in total. The molecule has 0 unspecified atom stereocenters. The Morgan fingerprint density at radius 3 is 1.07 bits per heavy atom. The van der Waals surface area contributed by atoms with E-state index in [-0.39, 0.29) is 0 Å². The standard InChI is InChI=1S/C64H43N3/c1-6-18-44(19-7-1)47-30-34-49(35-31-47)56-41-54(64-65-59(51-24-12-4-13-25-51)43-60(66-64)52-26-14-5-15-27-52)42-57(50-36-32-48(33-37-50)45-20-8-2-9-21-45)63(56)67-61-29-17-16-28-55(61)58-40-53(38-39-62(58)67)46-22-10-3-11-23-46/h1-43H. The largest absolute Gasteiger partial charge is 0.308 e. The molecule has 0 aliphatic rings. The van der Waals surface area contributed by atoms with Gasteiger partial charge in [-0.2, -0.15) is 0 Å². The molecule has 12 aromatic rings. The monoisotopic (exact) mass is 853 g/mol. The molecule has 0 spiro atoms. The molecule has 0 fully saturated rings. The SMILES string of the molecule is c1ccc(-c2ccc(-c3cc(-c4nc(-c5ccccc5)cc(-c5ccccc5)n4)cc(-c4ccc(-c5ccccc5)cc4)c3-n3c4ccccc4c4cc(-c5ccccc5)ccc43)cc2)cc1. The van der Waals surface area contributed by atoms with Crippen LogP contribution in [-0.4, -0.2) is 14.5 Å². The lowest BCUT2D eigenvalue weighted by Crippen LogP contribution is -2.03. The summed E-state index contributed by atoms with van der Waals surface area (Å²) in [6.45, 7) is 0. The smallest absolute Gasteiger partial charge is 0.160 e. The van der Waals surface area contributed by atoms with E-state index in [2.05, 4.69) is 253 Å². The van der Waals surface area contributed by atoms with Crippen molar-refractivity contribution < 1.29 is 0 Å². The maximum Gasteiger partial charge on any atom is 0.160 e. The van der Waals surface area contributed by atoms with Crippen LogP contribution in [0.25, 0.3) is 117 Å². The summed E-state index contributed by atoms with van der Waals surface area (Å²) in [5.74, 6) is 0.658. The zero-order chi connectivity index (χ0) is 44.5. The topological polar surface area (TPSA) is 30.7 Å². The number of rotatable bonds is 9. The van der Waals surface area contributed by atoms with Gasteiger partial charge in [-0.1, -0.05) is 224 Å². The molecule has 314 valence electrons. The van der Waals surface area contributed by atoms with Crippen molar-refractivity contribution in [2.45, 2.75) is 0 Å². The average molecular weight is 854 g/mol. The van der Waals surface area contributed by atoms with E-state index in [0.29, 0.717) is 5.82 Å². The number of fused-ring (bicyclic) bond motifs is 3. The summed E-state index contributed by atoms with van der Waals surface area (Å²) in [5.41, 5.74) is 19.5. The Labute approximate surface area is 390 Å². The fourth-order valence-electron chi connectivity index (χ4n) is 9.50. The number of nitrogens with zero attached hydrogens (tertiary/aromatic N) is 3. The van der Waals surface area contributed by atoms with Crippen molar-refractivity contribution in [2.75, 3.05) is 0 Å². The van der Waals surface area contributed by atoms with E-state index in [1.165, 1.54) is 33.0 Å². The molecular formula is C64H43N3. The van der Waals surface area contributed by atoms with Crippen LogP contribution < -0.4 is 0 Å². The third-order valence-electron chi connectivity index (χ3n) is 12.8. The molecule has 0 aliphatic carbocycles. The highest BCUT2D eigenvalue weighted by atomic mass is 15.0. The number of hydrogen-bond acceptors (Lipinski definition) is 2. The zero-order valence-electron chi connectivity index (χ0n) is 36.7. The molecule has 10 aromatic carbocycles. The summed E-state index contributed by atoms with van der Waals surface area (Å²) in [7, 11) is 0. The predicted molar refractivity (Wildman–Crippen MR) is 280 cm³/mol. The molecule has 0 saturated heterocycles. The summed E-state index contributed by atoms with van der Waals surface area (Å²) in [6, 6.07) is 93.2. The third kappa shape index (κ3) is 7.59. The van der Waals surface area contributed by atoms with Crippen molar-refractivity contribution in [3.05, 3.63) is 261 Å². The molecule has 2 aromatic heterocycles. The van der Waals surface area contributed by atoms with E-state index >= 15 is 0 Å². The summed E-state index contributed by atoms with van der Waals surface area (Å²) in [6.07, 6.45) is 0. The second-order valence-corrected chi connectivity index (χ2v) is 17.0. The van der Waals surface area contributed by atoms with Crippen LogP contribution in [0.5, 0.6) is 0 Å². The molecule has 0 radical (unpaired) electrons. The molecule has 12 rings (SSSR count). The van der Waals surface area contributed by atoms with E-state index < -0.39 is 0 Å².